The van der Waals surface area contributed by atoms with Crippen molar-refractivity contribution in [3.8, 4) is 12.3 Å². The Bertz CT molecular complexity index is 237. The third kappa shape index (κ3) is 5.18. The first-order chi connectivity index (χ1) is 7.84. The molecule has 0 radical (unpaired) electrons. The number of nitrogens with zero attached hydrogens (tertiary/aromatic N) is 1. The van der Waals surface area contributed by atoms with Gasteiger partial charge in [-0.25, -0.2) is 0 Å². The number of hydrogen-bond donors (Lipinski definition) is 1. The minimum absolute atomic E-state index is 0.239. The van der Waals surface area contributed by atoms with Crippen molar-refractivity contribution in [2.45, 2.75) is 38.5 Å². The van der Waals surface area contributed by atoms with Gasteiger partial charge in [-0.05, 0) is 25.8 Å². The highest BCUT2D eigenvalue weighted by Gasteiger charge is 2.14. The number of carbonyl (C=O) groups excluding carboxylic acids is 1. The van der Waals surface area contributed by atoms with Crippen LogP contribution in [0.25, 0.3) is 0 Å². The molecule has 0 aromatic rings. The second kappa shape index (κ2) is 8.18. The molecule has 3 nitrogen and oxygen atoms in total. The lowest BCUT2D eigenvalue weighted by Crippen LogP contribution is -2.38. The Morgan fingerprint density at radius 2 is 1.94 bits per heavy atom. The Morgan fingerprint density at radius 1 is 1.25 bits per heavy atom. The molecule has 1 saturated heterocycles. The standard InChI is InChI=1S/C13H22N2O/c1-2-3-6-9-14-12-13(16)15-10-7-4-5-8-11-15/h1,14H,3-12H2. The molecule has 1 fully saturated rings. The molecule has 90 valence electrons. The molecule has 0 bridgehead atoms. The number of likely N-dealkylation sites (tertiary alicyclic amines) is 1. The number of terminal acetylenes is 1. The average Bonchev–Trinajstić information content (AvgIpc) is 2.57. The molecule has 0 aromatic heterocycles. The lowest BCUT2D eigenvalue weighted by atomic mass is 10.2. The van der Waals surface area contributed by atoms with E-state index in [4.69, 9.17) is 6.42 Å². The third-order valence-electron chi connectivity index (χ3n) is 2.91. The van der Waals surface area contributed by atoms with Gasteiger partial charge in [0, 0.05) is 19.5 Å². The molecule has 1 aliphatic rings. The van der Waals surface area contributed by atoms with Crippen LogP contribution >= 0.6 is 0 Å². The van der Waals surface area contributed by atoms with Crippen molar-refractivity contribution in [1.29, 1.82) is 0 Å². The highest BCUT2D eigenvalue weighted by atomic mass is 16.2. The fraction of sp³-hybridized carbons (Fsp3) is 0.769. The van der Waals surface area contributed by atoms with E-state index in [9.17, 15) is 4.79 Å². The largest absolute Gasteiger partial charge is 0.342 e. The molecule has 0 unspecified atom stereocenters. The lowest BCUT2D eigenvalue weighted by Gasteiger charge is -2.20. The third-order valence-corrected chi connectivity index (χ3v) is 2.91. The Morgan fingerprint density at radius 3 is 2.56 bits per heavy atom. The maximum atomic E-state index is 11.8. The summed E-state index contributed by atoms with van der Waals surface area (Å²) in [4.78, 5) is 13.8. The normalized spacial score (nSPS) is 16.6. The second-order valence-corrected chi connectivity index (χ2v) is 4.28. The van der Waals surface area contributed by atoms with Gasteiger partial charge < -0.3 is 10.2 Å². The van der Waals surface area contributed by atoms with Crippen molar-refractivity contribution in [3.05, 3.63) is 0 Å². The minimum atomic E-state index is 0.239. The summed E-state index contributed by atoms with van der Waals surface area (Å²) in [6.45, 7) is 3.17. The molecule has 0 aromatic carbocycles. The Kier molecular flexibility index (Phi) is 6.67. The van der Waals surface area contributed by atoms with Crippen molar-refractivity contribution >= 4 is 5.91 Å². The zero-order valence-electron chi connectivity index (χ0n) is 10.0. The van der Waals surface area contributed by atoms with Crippen LogP contribution in [0.5, 0.6) is 0 Å². The van der Waals surface area contributed by atoms with Gasteiger partial charge in [-0.15, -0.1) is 12.3 Å². The van der Waals surface area contributed by atoms with Crippen molar-refractivity contribution < 1.29 is 4.79 Å². The first kappa shape index (κ1) is 13.1. The molecule has 0 aliphatic carbocycles. The summed E-state index contributed by atoms with van der Waals surface area (Å²) < 4.78 is 0. The molecule has 1 heterocycles. The topological polar surface area (TPSA) is 32.3 Å². The van der Waals surface area contributed by atoms with Crippen LogP contribution in [-0.4, -0.2) is 37.0 Å². The van der Waals surface area contributed by atoms with Crippen molar-refractivity contribution in [1.82, 2.24) is 10.2 Å². The predicted octanol–water partition coefficient (Wildman–Crippen LogP) is 1.39. The van der Waals surface area contributed by atoms with Crippen LogP contribution in [-0.2, 0) is 4.79 Å². The molecule has 16 heavy (non-hydrogen) atoms. The minimum Gasteiger partial charge on any atom is -0.342 e. The van der Waals surface area contributed by atoms with Gasteiger partial charge in [0.2, 0.25) is 5.91 Å². The molecule has 3 heteroatoms. The molecule has 1 amide bonds. The summed E-state index contributed by atoms with van der Waals surface area (Å²) >= 11 is 0. The molecular formula is C13H22N2O. The van der Waals surface area contributed by atoms with Gasteiger partial charge >= 0.3 is 0 Å². The summed E-state index contributed by atoms with van der Waals surface area (Å²) in [5.74, 6) is 2.83. The summed E-state index contributed by atoms with van der Waals surface area (Å²) in [7, 11) is 0. The van der Waals surface area contributed by atoms with Gasteiger partial charge in [-0.1, -0.05) is 12.8 Å². The second-order valence-electron chi connectivity index (χ2n) is 4.28. The highest BCUT2D eigenvalue weighted by molar-refractivity contribution is 5.78. The van der Waals surface area contributed by atoms with Gasteiger partial charge in [0.1, 0.15) is 0 Å². The summed E-state index contributed by atoms with van der Waals surface area (Å²) in [5.41, 5.74) is 0. The van der Waals surface area contributed by atoms with Crippen LogP contribution < -0.4 is 5.32 Å². The van der Waals surface area contributed by atoms with Crippen LogP contribution in [0.4, 0.5) is 0 Å². The fourth-order valence-electron chi connectivity index (χ4n) is 1.94. The smallest absolute Gasteiger partial charge is 0.236 e. The number of carbonyl (C=O) groups is 1. The first-order valence-corrected chi connectivity index (χ1v) is 6.26. The maximum Gasteiger partial charge on any atom is 0.236 e. The maximum absolute atomic E-state index is 11.8. The zero-order chi connectivity index (χ0) is 11.6. The Balaban J connectivity index is 2.11. The van der Waals surface area contributed by atoms with E-state index in [1.165, 1.54) is 12.8 Å². The average molecular weight is 222 g/mol. The van der Waals surface area contributed by atoms with Gasteiger partial charge in [-0.3, -0.25) is 4.79 Å². The van der Waals surface area contributed by atoms with E-state index in [-0.39, 0.29) is 5.91 Å². The molecule has 0 atom stereocenters. The van der Waals surface area contributed by atoms with Crippen LogP contribution in [0.15, 0.2) is 0 Å². The van der Waals surface area contributed by atoms with Crippen molar-refractivity contribution in [2.75, 3.05) is 26.2 Å². The van der Waals surface area contributed by atoms with Gasteiger partial charge in [0.25, 0.3) is 0 Å². The molecule has 1 N–H and O–H groups in total. The fourth-order valence-corrected chi connectivity index (χ4v) is 1.94. The lowest BCUT2D eigenvalue weighted by molar-refractivity contribution is -0.130. The molecule has 0 spiro atoms. The number of nitrogens with one attached hydrogen (secondary N) is 1. The number of hydrogen-bond acceptors (Lipinski definition) is 2. The molecule has 1 aliphatic heterocycles. The summed E-state index contributed by atoms with van der Waals surface area (Å²) in [6, 6.07) is 0. The van der Waals surface area contributed by atoms with Gasteiger partial charge in [0.05, 0.1) is 6.54 Å². The number of rotatable bonds is 5. The molecular weight excluding hydrogens is 200 g/mol. The molecule has 0 saturated carbocycles. The SMILES string of the molecule is C#CCCCNCC(=O)N1CCCCCC1. The Labute approximate surface area is 98.6 Å². The zero-order valence-corrected chi connectivity index (χ0v) is 10.0. The molecule has 1 rings (SSSR count). The van der Waals surface area contributed by atoms with Gasteiger partial charge in [-0.2, -0.15) is 0 Å². The quantitative estimate of drug-likeness (QED) is 0.563. The Hall–Kier alpha value is -1.01. The number of unbranched alkanes of at least 4 members (excludes halogenated alkanes) is 1. The van der Waals surface area contributed by atoms with Crippen molar-refractivity contribution in [2.24, 2.45) is 0 Å². The van der Waals surface area contributed by atoms with E-state index in [0.717, 1.165) is 45.3 Å². The van der Waals surface area contributed by atoms with E-state index < -0.39 is 0 Å². The van der Waals surface area contributed by atoms with E-state index >= 15 is 0 Å². The number of amides is 1. The highest BCUT2D eigenvalue weighted by Crippen LogP contribution is 2.09. The first-order valence-electron chi connectivity index (χ1n) is 6.26. The van der Waals surface area contributed by atoms with Crippen LogP contribution in [0, 0.1) is 12.3 Å². The van der Waals surface area contributed by atoms with E-state index in [2.05, 4.69) is 11.2 Å². The summed E-state index contributed by atoms with van der Waals surface area (Å²) in [5, 5.41) is 3.15. The van der Waals surface area contributed by atoms with Crippen molar-refractivity contribution in [3.63, 3.8) is 0 Å². The van der Waals surface area contributed by atoms with Crippen LogP contribution in [0.1, 0.15) is 38.5 Å². The van der Waals surface area contributed by atoms with Crippen LogP contribution in [0.3, 0.4) is 0 Å². The van der Waals surface area contributed by atoms with Gasteiger partial charge in [0.15, 0.2) is 0 Å². The van der Waals surface area contributed by atoms with Crippen LogP contribution in [0.2, 0.25) is 0 Å². The van der Waals surface area contributed by atoms with E-state index in [0.29, 0.717) is 6.54 Å². The summed E-state index contributed by atoms with van der Waals surface area (Å²) in [6.07, 6.45) is 11.7. The predicted molar refractivity (Wildman–Crippen MR) is 66.0 cm³/mol. The van der Waals surface area contributed by atoms with E-state index in [1.807, 2.05) is 4.90 Å². The van der Waals surface area contributed by atoms with E-state index in [1.54, 1.807) is 0 Å². The monoisotopic (exact) mass is 222 g/mol.